The van der Waals surface area contributed by atoms with Gasteiger partial charge in [-0.1, -0.05) is 73.4 Å². The third-order valence-electron chi connectivity index (χ3n) is 3.38. The SMILES string of the molecule is CC(=O)c1ccc(-c2ccc([Si](C)(C)C)cc2)cc1. The third-order valence-corrected chi connectivity index (χ3v) is 5.44. The van der Waals surface area contributed by atoms with Gasteiger partial charge < -0.3 is 0 Å². The molecule has 98 valence electrons. The molecule has 0 aromatic heterocycles. The minimum atomic E-state index is -1.23. The maximum absolute atomic E-state index is 11.3. The van der Waals surface area contributed by atoms with Crippen molar-refractivity contribution in [3.8, 4) is 11.1 Å². The molecule has 0 N–H and O–H groups in total. The van der Waals surface area contributed by atoms with Crippen LogP contribution in [0.1, 0.15) is 17.3 Å². The number of carbonyl (C=O) groups is 1. The van der Waals surface area contributed by atoms with Gasteiger partial charge >= 0.3 is 0 Å². The van der Waals surface area contributed by atoms with Crippen molar-refractivity contribution < 1.29 is 4.79 Å². The molecular formula is C17H20OSi. The molecule has 0 aliphatic carbocycles. The lowest BCUT2D eigenvalue weighted by atomic mass is 10.0. The van der Waals surface area contributed by atoms with E-state index in [4.69, 9.17) is 0 Å². The van der Waals surface area contributed by atoms with Gasteiger partial charge in [0.05, 0.1) is 8.07 Å². The van der Waals surface area contributed by atoms with Gasteiger partial charge in [-0.2, -0.15) is 0 Å². The van der Waals surface area contributed by atoms with Crippen LogP contribution < -0.4 is 5.19 Å². The topological polar surface area (TPSA) is 17.1 Å². The fourth-order valence-electron chi connectivity index (χ4n) is 2.06. The summed E-state index contributed by atoms with van der Waals surface area (Å²) in [6, 6.07) is 16.6. The quantitative estimate of drug-likeness (QED) is 0.605. The van der Waals surface area contributed by atoms with Gasteiger partial charge in [-0.25, -0.2) is 0 Å². The summed E-state index contributed by atoms with van der Waals surface area (Å²) in [6.45, 7) is 8.65. The first-order valence-corrected chi connectivity index (χ1v) is 10.1. The lowest BCUT2D eigenvalue weighted by molar-refractivity contribution is 0.101. The lowest BCUT2D eigenvalue weighted by Crippen LogP contribution is -2.37. The highest BCUT2D eigenvalue weighted by Crippen LogP contribution is 2.19. The number of benzene rings is 2. The van der Waals surface area contributed by atoms with Gasteiger partial charge in [0.25, 0.3) is 0 Å². The zero-order chi connectivity index (χ0) is 14.0. The van der Waals surface area contributed by atoms with Crippen LogP contribution in [0.4, 0.5) is 0 Å². The molecule has 0 spiro atoms. The largest absolute Gasteiger partial charge is 0.295 e. The van der Waals surface area contributed by atoms with E-state index < -0.39 is 8.07 Å². The minimum absolute atomic E-state index is 0.112. The summed E-state index contributed by atoms with van der Waals surface area (Å²) in [5, 5.41) is 1.47. The van der Waals surface area contributed by atoms with Crippen LogP contribution in [0.25, 0.3) is 11.1 Å². The maximum atomic E-state index is 11.3. The molecular weight excluding hydrogens is 248 g/mol. The summed E-state index contributed by atoms with van der Waals surface area (Å²) >= 11 is 0. The standard InChI is InChI=1S/C17H20OSi/c1-13(18)14-5-7-15(8-6-14)16-9-11-17(12-10-16)19(2,3)4/h5-12H,1-4H3. The zero-order valence-corrected chi connectivity index (χ0v) is 13.0. The minimum Gasteiger partial charge on any atom is -0.295 e. The summed E-state index contributed by atoms with van der Waals surface area (Å²) in [7, 11) is -1.23. The molecule has 0 unspecified atom stereocenters. The molecule has 1 nitrogen and oxygen atoms in total. The fourth-order valence-corrected chi connectivity index (χ4v) is 3.23. The van der Waals surface area contributed by atoms with Crippen molar-refractivity contribution in [2.24, 2.45) is 0 Å². The van der Waals surface area contributed by atoms with Crippen LogP contribution in [0.3, 0.4) is 0 Å². The Bertz CT molecular complexity index is 574. The van der Waals surface area contributed by atoms with Crippen molar-refractivity contribution in [1.29, 1.82) is 0 Å². The predicted molar refractivity (Wildman–Crippen MR) is 84.9 cm³/mol. The third kappa shape index (κ3) is 3.21. The molecule has 0 saturated heterocycles. The number of ketones is 1. The smallest absolute Gasteiger partial charge is 0.159 e. The molecule has 2 rings (SSSR count). The molecule has 0 atom stereocenters. The molecule has 0 radical (unpaired) electrons. The Kier molecular flexibility index (Phi) is 3.72. The Hall–Kier alpha value is -1.67. The molecule has 0 aliphatic heterocycles. The van der Waals surface area contributed by atoms with Gasteiger partial charge in [0, 0.05) is 5.56 Å². The summed E-state index contributed by atoms with van der Waals surface area (Å²) in [5.41, 5.74) is 3.13. The first-order chi connectivity index (χ1) is 8.88. The first-order valence-electron chi connectivity index (χ1n) is 6.60. The van der Waals surface area contributed by atoms with Crippen LogP contribution >= 0.6 is 0 Å². The summed E-state index contributed by atoms with van der Waals surface area (Å²) in [5.74, 6) is 0.112. The van der Waals surface area contributed by atoms with Crippen LogP contribution in [0.15, 0.2) is 48.5 Å². The van der Waals surface area contributed by atoms with Crippen LogP contribution in [-0.4, -0.2) is 13.9 Å². The molecule has 2 aromatic rings. The van der Waals surface area contributed by atoms with E-state index in [0.717, 1.165) is 11.1 Å². The Labute approximate surface area is 116 Å². The molecule has 2 aromatic carbocycles. The summed E-state index contributed by atoms with van der Waals surface area (Å²) in [6.07, 6.45) is 0. The van der Waals surface area contributed by atoms with E-state index in [1.807, 2.05) is 24.3 Å². The average molecular weight is 268 g/mol. The van der Waals surface area contributed by atoms with Gasteiger partial charge in [0.2, 0.25) is 0 Å². The number of Topliss-reactive ketones (excluding diaryl/α,β-unsaturated/α-hetero) is 1. The van der Waals surface area contributed by atoms with Gasteiger partial charge in [0.1, 0.15) is 0 Å². The second-order valence-corrected chi connectivity index (χ2v) is 11.0. The molecule has 0 fully saturated rings. The molecule has 19 heavy (non-hydrogen) atoms. The Morgan fingerprint density at radius 3 is 1.58 bits per heavy atom. The average Bonchev–Trinajstić information content (AvgIpc) is 2.38. The Balaban J connectivity index is 2.30. The van der Waals surface area contributed by atoms with E-state index in [1.54, 1.807) is 6.92 Å². The van der Waals surface area contributed by atoms with Gasteiger partial charge in [0.15, 0.2) is 5.78 Å². The van der Waals surface area contributed by atoms with E-state index >= 15 is 0 Å². The number of hydrogen-bond acceptors (Lipinski definition) is 1. The Morgan fingerprint density at radius 2 is 1.21 bits per heavy atom. The van der Waals surface area contributed by atoms with E-state index in [2.05, 4.69) is 43.9 Å². The second kappa shape index (κ2) is 5.14. The first kappa shape index (κ1) is 13.8. The molecule has 0 bridgehead atoms. The fraction of sp³-hybridized carbons (Fsp3) is 0.235. The van der Waals surface area contributed by atoms with Crippen molar-refractivity contribution >= 4 is 19.0 Å². The predicted octanol–water partition coefficient (Wildman–Crippen LogP) is 4.10. The van der Waals surface area contributed by atoms with E-state index in [1.165, 1.54) is 10.8 Å². The molecule has 0 heterocycles. The van der Waals surface area contributed by atoms with Crippen molar-refractivity contribution in [2.75, 3.05) is 0 Å². The number of carbonyl (C=O) groups excluding carboxylic acids is 1. The highest BCUT2D eigenvalue weighted by Gasteiger charge is 2.15. The van der Waals surface area contributed by atoms with Crippen LogP contribution in [0.2, 0.25) is 19.6 Å². The number of rotatable bonds is 3. The monoisotopic (exact) mass is 268 g/mol. The summed E-state index contributed by atoms with van der Waals surface area (Å²) < 4.78 is 0. The number of hydrogen-bond donors (Lipinski definition) is 0. The maximum Gasteiger partial charge on any atom is 0.159 e. The highest BCUT2D eigenvalue weighted by atomic mass is 28.3. The normalized spacial score (nSPS) is 11.4. The van der Waals surface area contributed by atoms with Gasteiger partial charge in [-0.3, -0.25) is 4.79 Å². The molecule has 2 heteroatoms. The van der Waals surface area contributed by atoms with E-state index in [9.17, 15) is 4.79 Å². The van der Waals surface area contributed by atoms with Crippen molar-refractivity contribution in [2.45, 2.75) is 26.6 Å². The molecule has 0 aliphatic rings. The second-order valence-electron chi connectivity index (χ2n) is 5.96. The van der Waals surface area contributed by atoms with Crippen LogP contribution in [0, 0.1) is 0 Å². The Morgan fingerprint density at radius 1 is 0.789 bits per heavy atom. The molecule has 0 amide bonds. The summed E-state index contributed by atoms with van der Waals surface area (Å²) in [4.78, 5) is 11.3. The lowest BCUT2D eigenvalue weighted by Gasteiger charge is -2.16. The van der Waals surface area contributed by atoms with Gasteiger partial charge in [-0.15, -0.1) is 0 Å². The van der Waals surface area contributed by atoms with Gasteiger partial charge in [-0.05, 0) is 18.1 Å². The molecule has 0 saturated carbocycles. The highest BCUT2D eigenvalue weighted by molar-refractivity contribution is 6.88. The van der Waals surface area contributed by atoms with E-state index in [-0.39, 0.29) is 5.78 Å². The van der Waals surface area contributed by atoms with Crippen LogP contribution in [-0.2, 0) is 0 Å². The van der Waals surface area contributed by atoms with Crippen molar-refractivity contribution in [1.82, 2.24) is 0 Å². The zero-order valence-electron chi connectivity index (χ0n) is 12.0. The van der Waals surface area contributed by atoms with E-state index in [0.29, 0.717) is 0 Å². The van der Waals surface area contributed by atoms with Crippen LogP contribution in [0.5, 0.6) is 0 Å². The van der Waals surface area contributed by atoms with Crippen molar-refractivity contribution in [3.63, 3.8) is 0 Å². The van der Waals surface area contributed by atoms with Crippen molar-refractivity contribution in [3.05, 3.63) is 54.1 Å².